The summed E-state index contributed by atoms with van der Waals surface area (Å²) >= 11 is 3.82. The smallest absolute Gasteiger partial charge is 1.00 e. The molecule has 5 heteroatoms. The van der Waals surface area contributed by atoms with E-state index in [1.165, 1.54) is 124 Å². The molecule has 0 N–H and O–H groups in total. The molecule has 0 radical (unpaired) electrons. The van der Waals surface area contributed by atoms with Crippen LogP contribution in [-0.2, 0) is 51.9 Å². The molecular weight excluding hydrogens is 827 g/mol. The fourth-order valence-corrected chi connectivity index (χ4v) is 9.04. The Morgan fingerprint density at radius 3 is 1.22 bits per heavy atom. The number of benzene rings is 4. The van der Waals surface area contributed by atoms with E-state index in [1.54, 1.807) is 0 Å². The molecule has 0 spiro atoms. The number of unbranched alkanes of at least 4 members (excludes halogenated alkanes) is 2. The molecule has 0 saturated carbocycles. The first kappa shape index (κ1) is 44.7. The summed E-state index contributed by atoms with van der Waals surface area (Å²) in [5.41, 5.74) is 10.9. The largest absolute Gasteiger partial charge is 4.00 e. The number of rotatable bonds is 12. The van der Waals surface area contributed by atoms with Crippen molar-refractivity contribution >= 4 is 44.2 Å². The fourth-order valence-electron chi connectivity index (χ4n) is 7.17. The van der Waals surface area contributed by atoms with Crippen molar-refractivity contribution in [2.45, 2.75) is 79.1 Å². The van der Waals surface area contributed by atoms with Crippen LogP contribution in [-0.4, -0.2) is 0 Å². The molecule has 0 unspecified atom stereocenters. The Hall–Kier alpha value is -3.04. The maximum atomic E-state index is 2.36. The van der Waals surface area contributed by atoms with Gasteiger partial charge in [-0.2, -0.15) is 22.7 Å². The Bertz CT molecular complexity index is 2180. The topological polar surface area (TPSA) is 0 Å². The van der Waals surface area contributed by atoms with Crippen molar-refractivity contribution in [3.63, 3.8) is 0 Å². The van der Waals surface area contributed by atoms with Gasteiger partial charge in [0.05, 0.1) is 0 Å². The van der Waals surface area contributed by atoms with Gasteiger partial charge in [0.1, 0.15) is 0 Å². The summed E-state index contributed by atoms with van der Waals surface area (Å²) in [4.78, 5) is 5.65. The van der Waals surface area contributed by atoms with Crippen LogP contribution >= 0.6 is 22.7 Å². The molecule has 6 aromatic carbocycles. The van der Waals surface area contributed by atoms with E-state index in [0.717, 1.165) is 12.8 Å². The number of hydrogen-bond acceptors (Lipinski definition) is 2. The molecule has 0 amide bonds. The molecule has 0 aliphatic rings. The van der Waals surface area contributed by atoms with Gasteiger partial charge in [-0.15, -0.1) is 69.1 Å². The maximum absolute atomic E-state index is 2.36. The van der Waals surface area contributed by atoms with E-state index in [2.05, 4.69) is 161 Å². The minimum Gasteiger partial charge on any atom is -1.00 e. The molecule has 0 fully saturated rings. The molecule has 8 aromatic rings. The second-order valence-corrected chi connectivity index (χ2v) is 16.3. The normalized spacial score (nSPS) is 10.7. The molecule has 2 aromatic heterocycles. The van der Waals surface area contributed by atoms with Gasteiger partial charge in [0, 0.05) is 0 Å². The van der Waals surface area contributed by atoms with Crippen molar-refractivity contribution in [2.75, 3.05) is 0 Å². The van der Waals surface area contributed by atoms with Gasteiger partial charge in [-0.25, -0.2) is 0 Å². The van der Waals surface area contributed by atoms with Gasteiger partial charge in [-0.1, -0.05) is 149 Å². The number of fused-ring (bicyclic) bond motifs is 2. The summed E-state index contributed by atoms with van der Waals surface area (Å²) < 4.78 is 0. The van der Waals surface area contributed by atoms with Crippen molar-refractivity contribution in [1.29, 1.82) is 0 Å². The van der Waals surface area contributed by atoms with Gasteiger partial charge in [0.25, 0.3) is 0 Å². The summed E-state index contributed by atoms with van der Waals surface area (Å²) in [7, 11) is 0. The Morgan fingerprint density at radius 1 is 0.473 bits per heavy atom. The zero-order chi connectivity index (χ0) is 35.9. The zero-order valence-corrected chi connectivity index (χ0v) is 38.0. The van der Waals surface area contributed by atoms with Crippen molar-refractivity contribution in [3.05, 3.63) is 154 Å². The summed E-state index contributed by atoms with van der Waals surface area (Å²) in [5, 5.41) is 5.38. The van der Waals surface area contributed by atoms with Crippen LogP contribution in [0.25, 0.3) is 64.7 Å². The third kappa shape index (κ3) is 10.7. The second kappa shape index (κ2) is 21.5. The van der Waals surface area contributed by atoms with Crippen LogP contribution in [0.15, 0.2) is 133 Å². The molecule has 2 heterocycles. The molecule has 55 heavy (non-hydrogen) atoms. The number of thiophene rings is 2. The Morgan fingerprint density at radius 2 is 0.873 bits per heavy atom. The number of hydrogen-bond donors (Lipinski definition) is 0. The van der Waals surface area contributed by atoms with Crippen LogP contribution in [0.4, 0.5) is 0 Å². The van der Waals surface area contributed by atoms with E-state index in [0.29, 0.717) is 0 Å². The van der Waals surface area contributed by atoms with E-state index in [-0.39, 0.29) is 51.0 Å². The first-order chi connectivity index (χ1) is 25.6. The minimum atomic E-state index is 0. The first-order valence-corrected chi connectivity index (χ1v) is 21.0. The van der Waals surface area contributed by atoms with Crippen molar-refractivity contribution in [3.8, 4) is 43.1 Å². The van der Waals surface area contributed by atoms with Gasteiger partial charge < -0.3 is 24.8 Å². The molecule has 0 aliphatic heterocycles. The third-order valence-corrected chi connectivity index (χ3v) is 12.8. The monoisotopic (exact) mass is 874 g/mol. The molecule has 8 rings (SSSR count). The Labute approximate surface area is 368 Å². The molecule has 0 aliphatic carbocycles. The summed E-state index contributed by atoms with van der Waals surface area (Å²) in [5.74, 6) is 0. The minimum absolute atomic E-state index is 0. The van der Waals surface area contributed by atoms with Crippen LogP contribution < -0.4 is 24.8 Å². The Balaban J connectivity index is 0.000000232. The van der Waals surface area contributed by atoms with E-state index in [9.17, 15) is 0 Å². The average molecular weight is 877 g/mol. The van der Waals surface area contributed by atoms with E-state index in [1.807, 2.05) is 22.7 Å². The third-order valence-electron chi connectivity index (χ3n) is 10.3. The predicted molar refractivity (Wildman–Crippen MR) is 233 cm³/mol. The van der Waals surface area contributed by atoms with Crippen LogP contribution in [0, 0.1) is 0 Å². The second-order valence-electron chi connectivity index (χ2n) is 13.9. The molecule has 0 bridgehead atoms. The van der Waals surface area contributed by atoms with Crippen LogP contribution in [0.3, 0.4) is 0 Å². The van der Waals surface area contributed by atoms with Gasteiger partial charge in [-0.05, 0) is 80.3 Å². The van der Waals surface area contributed by atoms with Gasteiger partial charge >= 0.3 is 26.2 Å². The standard InChI is InChI=1S/2C25H25S.2ClH.Zr/c2*1-3-5-7-18-10-12-19(13-11-18)23-9-6-8-20-16-21(17-24(20)23)25-15-14-22(4-2)26-25;;;/h2*6,8-17H,3-5,7H2,1-2H3;2*1H;/q2*-1;;;+4/p-2. The average Bonchev–Trinajstić information content (AvgIpc) is 4.02. The molecule has 0 saturated heterocycles. The number of halogens is 2. The zero-order valence-electron chi connectivity index (χ0n) is 32.4. The van der Waals surface area contributed by atoms with Crippen molar-refractivity contribution < 1.29 is 51.0 Å². The van der Waals surface area contributed by atoms with E-state index < -0.39 is 0 Å². The molecule has 280 valence electrons. The SMILES string of the molecule is CCCCc1ccc(-c2cccc3[cH-]c(-c4ccc(CC)s4)cc23)cc1.CCCCc1ccc(-c2cccc3[cH-]c(-c4ccc(CC)s4)cc23)cc1.[Cl-].[Cl-].[Zr+4]. The van der Waals surface area contributed by atoms with Crippen LogP contribution in [0.1, 0.15) is 74.3 Å². The van der Waals surface area contributed by atoms with Gasteiger partial charge in [-0.3, -0.25) is 0 Å². The quantitative estimate of drug-likeness (QED) is 0.107. The summed E-state index contributed by atoms with van der Waals surface area (Å²) in [6.45, 7) is 8.94. The fraction of sp³-hybridized carbons (Fsp3) is 0.240. The molecule has 0 nitrogen and oxygen atoms in total. The number of aryl methyl sites for hydroxylation is 4. The Kier molecular flexibility index (Phi) is 17.4. The predicted octanol–water partition coefficient (Wildman–Crippen LogP) is 9.72. The van der Waals surface area contributed by atoms with Gasteiger partial charge in [0.2, 0.25) is 0 Å². The molecule has 0 atom stereocenters. The summed E-state index contributed by atoms with van der Waals surface area (Å²) in [6, 6.07) is 50.1. The van der Waals surface area contributed by atoms with Crippen molar-refractivity contribution in [1.82, 2.24) is 0 Å². The van der Waals surface area contributed by atoms with Crippen LogP contribution in [0.2, 0.25) is 0 Å². The van der Waals surface area contributed by atoms with Crippen LogP contribution in [0.5, 0.6) is 0 Å². The van der Waals surface area contributed by atoms with E-state index in [4.69, 9.17) is 0 Å². The van der Waals surface area contributed by atoms with E-state index >= 15 is 0 Å². The maximum Gasteiger partial charge on any atom is 4.00 e. The molecular formula is C50H50Cl2S2Zr. The first-order valence-electron chi connectivity index (χ1n) is 19.3. The van der Waals surface area contributed by atoms with Gasteiger partial charge in [0.15, 0.2) is 0 Å². The summed E-state index contributed by atoms with van der Waals surface area (Å²) in [6.07, 6.45) is 9.61. The van der Waals surface area contributed by atoms with Crippen molar-refractivity contribution in [2.24, 2.45) is 0 Å².